The molecule has 0 unspecified atom stereocenters. The maximum absolute atomic E-state index is 12.5. The monoisotopic (exact) mass is 328 g/mol. The lowest BCUT2D eigenvalue weighted by Crippen LogP contribution is -2.45. The molecule has 0 heterocycles. The van der Waals surface area contributed by atoms with Crippen LogP contribution in [0.2, 0.25) is 0 Å². The number of rotatable bonds is 7. The van der Waals surface area contributed by atoms with Crippen molar-refractivity contribution in [1.29, 1.82) is 0 Å². The first-order valence-corrected chi connectivity index (χ1v) is 9.92. The Balaban J connectivity index is 2.13. The summed E-state index contributed by atoms with van der Waals surface area (Å²) in [5.41, 5.74) is 2.12. The molecule has 0 bridgehead atoms. The minimum atomic E-state index is -3.43. The van der Waals surface area contributed by atoms with Gasteiger partial charge in [0.15, 0.2) is 0 Å². The van der Waals surface area contributed by atoms with Crippen molar-refractivity contribution in [1.82, 2.24) is 10.0 Å². The maximum atomic E-state index is 12.5. The third kappa shape index (κ3) is 3.80. The maximum Gasteiger partial charge on any atom is 0.240 e. The van der Waals surface area contributed by atoms with Gasteiger partial charge in [0.2, 0.25) is 10.0 Å². The van der Waals surface area contributed by atoms with Gasteiger partial charge in [0, 0.05) is 17.8 Å². The number of sulfonamides is 1. The molecular weight excluding hydrogens is 304 g/mol. The highest BCUT2D eigenvalue weighted by molar-refractivity contribution is 8.00. The molecule has 2 rings (SSSR count). The fourth-order valence-corrected chi connectivity index (χ4v) is 4.71. The highest BCUT2D eigenvalue weighted by Gasteiger charge is 2.37. The van der Waals surface area contributed by atoms with Crippen molar-refractivity contribution in [2.75, 3.05) is 19.8 Å². The van der Waals surface area contributed by atoms with Gasteiger partial charge in [0.25, 0.3) is 0 Å². The van der Waals surface area contributed by atoms with E-state index in [1.54, 1.807) is 23.9 Å². The molecule has 0 atom stereocenters. The van der Waals surface area contributed by atoms with E-state index in [9.17, 15) is 8.42 Å². The van der Waals surface area contributed by atoms with E-state index in [2.05, 4.69) is 16.3 Å². The summed E-state index contributed by atoms with van der Waals surface area (Å²) in [4.78, 5) is 0.355. The third-order valence-electron chi connectivity index (χ3n) is 4.28. The summed E-state index contributed by atoms with van der Waals surface area (Å²) >= 11 is 1.77. The second-order valence-electron chi connectivity index (χ2n) is 5.68. The van der Waals surface area contributed by atoms with Gasteiger partial charge in [-0.3, -0.25) is 0 Å². The van der Waals surface area contributed by atoms with Gasteiger partial charge in [-0.25, -0.2) is 13.1 Å². The Morgan fingerprint density at radius 2 is 2.05 bits per heavy atom. The SMILES string of the molecule is CNCc1cc(S(=O)(=O)NCC2(SC)CCC2)ccc1C. The van der Waals surface area contributed by atoms with E-state index in [0.29, 0.717) is 18.0 Å². The van der Waals surface area contributed by atoms with Crippen LogP contribution in [-0.4, -0.2) is 33.0 Å². The number of hydrogen-bond acceptors (Lipinski definition) is 4. The first-order valence-electron chi connectivity index (χ1n) is 7.21. The Kier molecular flexibility index (Phi) is 5.35. The summed E-state index contributed by atoms with van der Waals surface area (Å²) in [6, 6.07) is 5.32. The molecule has 1 saturated carbocycles. The zero-order valence-electron chi connectivity index (χ0n) is 12.9. The third-order valence-corrected chi connectivity index (χ3v) is 7.10. The Morgan fingerprint density at radius 1 is 1.33 bits per heavy atom. The molecule has 1 aliphatic carbocycles. The first-order chi connectivity index (χ1) is 9.92. The molecule has 0 saturated heterocycles. The number of hydrogen-bond donors (Lipinski definition) is 2. The average molecular weight is 329 g/mol. The smallest absolute Gasteiger partial charge is 0.240 e. The van der Waals surface area contributed by atoms with Gasteiger partial charge in [-0.1, -0.05) is 12.5 Å². The Hall–Kier alpha value is -0.560. The van der Waals surface area contributed by atoms with Gasteiger partial charge in [0.1, 0.15) is 0 Å². The molecule has 2 N–H and O–H groups in total. The van der Waals surface area contributed by atoms with Crippen molar-refractivity contribution in [3.8, 4) is 0 Å². The molecule has 1 aliphatic rings. The summed E-state index contributed by atoms with van der Waals surface area (Å²) < 4.78 is 27.8. The van der Waals surface area contributed by atoms with Gasteiger partial charge in [-0.2, -0.15) is 11.8 Å². The summed E-state index contributed by atoms with van der Waals surface area (Å²) in [5.74, 6) is 0. The number of benzene rings is 1. The molecule has 0 radical (unpaired) electrons. The van der Waals surface area contributed by atoms with Gasteiger partial charge in [-0.15, -0.1) is 0 Å². The van der Waals surface area contributed by atoms with Crippen LogP contribution in [-0.2, 0) is 16.6 Å². The van der Waals surface area contributed by atoms with Crippen LogP contribution < -0.4 is 10.0 Å². The zero-order chi connectivity index (χ0) is 15.5. The molecule has 4 nitrogen and oxygen atoms in total. The van der Waals surface area contributed by atoms with Crippen LogP contribution in [0.3, 0.4) is 0 Å². The quantitative estimate of drug-likeness (QED) is 0.806. The van der Waals surface area contributed by atoms with E-state index in [-0.39, 0.29) is 4.75 Å². The van der Waals surface area contributed by atoms with Gasteiger partial charge < -0.3 is 5.32 Å². The van der Waals surface area contributed by atoms with Crippen molar-refractivity contribution < 1.29 is 8.42 Å². The summed E-state index contributed by atoms with van der Waals surface area (Å²) in [5, 5.41) is 3.07. The lowest BCUT2D eigenvalue weighted by atomic mass is 9.84. The van der Waals surface area contributed by atoms with Crippen molar-refractivity contribution in [2.45, 2.75) is 42.4 Å². The van der Waals surface area contributed by atoms with E-state index in [1.165, 1.54) is 6.42 Å². The highest BCUT2D eigenvalue weighted by atomic mass is 32.2. The van der Waals surface area contributed by atoms with E-state index in [0.717, 1.165) is 24.0 Å². The van der Waals surface area contributed by atoms with E-state index < -0.39 is 10.0 Å². The molecule has 0 aliphatic heterocycles. The van der Waals surface area contributed by atoms with Crippen LogP contribution in [0.5, 0.6) is 0 Å². The second-order valence-corrected chi connectivity index (χ2v) is 8.73. The molecule has 118 valence electrons. The topological polar surface area (TPSA) is 58.2 Å². The van der Waals surface area contributed by atoms with Gasteiger partial charge in [0.05, 0.1) is 4.90 Å². The minimum absolute atomic E-state index is 0.103. The van der Waals surface area contributed by atoms with Crippen molar-refractivity contribution in [3.05, 3.63) is 29.3 Å². The molecule has 1 aromatic carbocycles. The van der Waals surface area contributed by atoms with Gasteiger partial charge in [-0.05, 0) is 56.3 Å². The van der Waals surface area contributed by atoms with E-state index >= 15 is 0 Å². The second kappa shape index (κ2) is 6.69. The molecular formula is C15H24N2O2S2. The first kappa shape index (κ1) is 16.8. The number of aryl methyl sites for hydroxylation is 1. The largest absolute Gasteiger partial charge is 0.316 e. The van der Waals surface area contributed by atoms with Crippen LogP contribution >= 0.6 is 11.8 Å². The summed E-state index contributed by atoms with van der Waals surface area (Å²) in [6.45, 7) is 3.18. The predicted molar refractivity (Wildman–Crippen MR) is 89.2 cm³/mol. The fourth-order valence-electron chi connectivity index (χ4n) is 2.53. The van der Waals surface area contributed by atoms with Crippen molar-refractivity contribution >= 4 is 21.8 Å². The molecule has 0 amide bonds. The number of thioether (sulfide) groups is 1. The predicted octanol–water partition coefficient (Wildman–Crippen LogP) is 2.28. The van der Waals surface area contributed by atoms with Crippen LogP contribution in [0.25, 0.3) is 0 Å². The van der Waals surface area contributed by atoms with E-state index in [4.69, 9.17) is 0 Å². The van der Waals surface area contributed by atoms with Crippen molar-refractivity contribution in [3.63, 3.8) is 0 Å². The molecule has 6 heteroatoms. The van der Waals surface area contributed by atoms with Crippen LogP contribution in [0.4, 0.5) is 0 Å². The molecule has 21 heavy (non-hydrogen) atoms. The minimum Gasteiger partial charge on any atom is -0.316 e. The zero-order valence-corrected chi connectivity index (χ0v) is 14.5. The Labute approximate surface area is 132 Å². The summed E-state index contributed by atoms with van der Waals surface area (Å²) in [7, 11) is -1.57. The van der Waals surface area contributed by atoms with Crippen LogP contribution in [0.15, 0.2) is 23.1 Å². The summed E-state index contributed by atoms with van der Waals surface area (Å²) in [6.07, 6.45) is 5.44. The average Bonchev–Trinajstić information content (AvgIpc) is 2.40. The van der Waals surface area contributed by atoms with Gasteiger partial charge >= 0.3 is 0 Å². The normalized spacial score (nSPS) is 17.5. The lowest BCUT2D eigenvalue weighted by Gasteiger charge is -2.40. The lowest BCUT2D eigenvalue weighted by molar-refractivity contribution is 0.362. The number of nitrogens with one attached hydrogen (secondary N) is 2. The highest BCUT2D eigenvalue weighted by Crippen LogP contribution is 2.42. The fraction of sp³-hybridized carbons (Fsp3) is 0.600. The van der Waals surface area contributed by atoms with E-state index in [1.807, 2.05) is 20.0 Å². The Bertz CT molecular complexity index is 590. The Morgan fingerprint density at radius 3 is 2.57 bits per heavy atom. The molecule has 1 aromatic rings. The molecule has 0 spiro atoms. The van der Waals surface area contributed by atoms with Crippen LogP contribution in [0.1, 0.15) is 30.4 Å². The van der Waals surface area contributed by atoms with Crippen LogP contribution in [0, 0.1) is 6.92 Å². The van der Waals surface area contributed by atoms with Crippen molar-refractivity contribution in [2.24, 2.45) is 0 Å². The molecule has 1 fully saturated rings. The standard InChI is InChI=1S/C15H24N2O2S2/c1-12-5-6-14(9-13(12)10-16-2)21(18,19)17-11-15(20-3)7-4-8-15/h5-6,9,16-17H,4,7-8,10-11H2,1-3H3. The molecule has 0 aromatic heterocycles.